The first-order valence-corrected chi connectivity index (χ1v) is 11.9. The SMILES string of the molecule is Cc1c(F)cc(C(=O)NC2CC2)cc1-c1ccc(C(=O)NCC(C)(C)C)cc1C(=O)NCC(C)O. The van der Waals surface area contributed by atoms with Gasteiger partial charge in [0, 0.05) is 35.8 Å². The Morgan fingerprint density at radius 3 is 2.29 bits per heavy atom. The topological polar surface area (TPSA) is 108 Å². The van der Waals surface area contributed by atoms with E-state index in [9.17, 15) is 23.9 Å². The first-order chi connectivity index (χ1) is 16.4. The number of amides is 3. The van der Waals surface area contributed by atoms with Crippen LogP contribution < -0.4 is 16.0 Å². The average molecular weight is 484 g/mol. The zero-order chi connectivity index (χ0) is 25.9. The van der Waals surface area contributed by atoms with Gasteiger partial charge in [0.25, 0.3) is 17.7 Å². The maximum absolute atomic E-state index is 14.9. The van der Waals surface area contributed by atoms with Gasteiger partial charge >= 0.3 is 0 Å². The van der Waals surface area contributed by atoms with E-state index in [0.29, 0.717) is 17.7 Å². The van der Waals surface area contributed by atoms with E-state index < -0.39 is 17.8 Å². The molecule has 0 bridgehead atoms. The third-order valence-electron chi connectivity index (χ3n) is 5.67. The highest BCUT2D eigenvalue weighted by Crippen LogP contribution is 2.31. The lowest BCUT2D eigenvalue weighted by atomic mass is 9.91. The maximum Gasteiger partial charge on any atom is 0.252 e. The number of aliphatic hydroxyl groups excluding tert-OH is 1. The first kappa shape index (κ1) is 26.3. The van der Waals surface area contributed by atoms with Gasteiger partial charge in [0.05, 0.1) is 6.10 Å². The van der Waals surface area contributed by atoms with Crippen molar-refractivity contribution in [2.45, 2.75) is 59.6 Å². The van der Waals surface area contributed by atoms with Crippen molar-refractivity contribution in [1.29, 1.82) is 0 Å². The van der Waals surface area contributed by atoms with Gasteiger partial charge in [-0.1, -0.05) is 26.8 Å². The van der Waals surface area contributed by atoms with Gasteiger partial charge in [-0.2, -0.15) is 0 Å². The van der Waals surface area contributed by atoms with Crippen LogP contribution in [0.5, 0.6) is 0 Å². The van der Waals surface area contributed by atoms with E-state index in [-0.39, 0.29) is 52.1 Å². The van der Waals surface area contributed by atoms with Crippen molar-refractivity contribution in [3.8, 4) is 11.1 Å². The summed E-state index contributed by atoms with van der Waals surface area (Å²) in [5.74, 6) is -1.78. The molecular formula is C27H34FN3O4. The van der Waals surface area contributed by atoms with Gasteiger partial charge in [0.1, 0.15) is 5.82 Å². The highest BCUT2D eigenvalue weighted by molar-refractivity contribution is 6.05. The molecule has 0 saturated heterocycles. The summed E-state index contributed by atoms with van der Waals surface area (Å²) < 4.78 is 14.9. The van der Waals surface area contributed by atoms with E-state index in [1.165, 1.54) is 12.1 Å². The van der Waals surface area contributed by atoms with Gasteiger partial charge in [-0.05, 0) is 73.1 Å². The molecule has 7 nitrogen and oxygen atoms in total. The number of carbonyl (C=O) groups excluding carboxylic acids is 3. The minimum absolute atomic E-state index is 0.00982. The van der Waals surface area contributed by atoms with Gasteiger partial charge in [0.2, 0.25) is 0 Å². The average Bonchev–Trinajstić information content (AvgIpc) is 3.60. The molecule has 1 atom stereocenters. The minimum Gasteiger partial charge on any atom is -0.392 e. The molecule has 35 heavy (non-hydrogen) atoms. The van der Waals surface area contributed by atoms with E-state index in [2.05, 4.69) is 16.0 Å². The van der Waals surface area contributed by atoms with Gasteiger partial charge < -0.3 is 21.1 Å². The maximum atomic E-state index is 14.9. The second kappa shape index (κ2) is 10.6. The number of carbonyl (C=O) groups is 3. The normalized spacial score (nSPS) is 14.3. The fourth-order valence-corrected chi connectivity index (χ4v) is 3.48. The Kier molecular flexibility index (Phi) is 7.95. The third kappa shape index (κ3) is 7.11. The summed E-state index contributed by atoms with van der Waals surface area (Å²) >= 11 is 0. The summed E-state index contributed by atoms with van der Waals surface area (Å²) in [6.07, 6.45) is 1.03. The van der Waals surface area contributed by atoms with E-state index >= 15 is 0 Å². The standard InChI is InChI=1S/C27H34FN3O4/c1-15(32)13-29-26(35)22-10-17(24(33)30-14-27(3,4)5)6-9-20(22)21-11-18(12-23(28)16(21)2)25(34)31-19-7-8-19/h6,9-12,15,19,32H,7-8,13-14H2,1-5H3,(H,29,35)(H,30,33)(H,31,34). The molecule has 1 unspecified atom stereocenters. The predicted molar refractivity (Wildman–Crippen MR) is 133 cm³/mol. The van der Waals surface area contributed by atoms with E-state index in [4.69, 9.17) is 0 Å². The smallest absolute Gasteiger partial charge is 0.252 e. The molecule has 1 fully saturated rings. The Morgan fingerprint density at radius 1 is 1.00 bits per heavy atom. The minimum atomic E-state index is -0.769. The van der Waals surface area contributed by atoms with Crippen molar-refractivity contribution in [3.63, 3.8) is 0 Å². The number of rotatable bonds is 8. The van der Waals surface area contributed by atoms with Crippen molar-refractivity contribution in [1.82, 2.24) is 16.0 Å². The molecular weight excluding hydrogens is 449 g/mol. The second-order valence-electron chi connectivity index (χ2n) is 10.4. The lowest BCUT2D eigenvalue weighted by molar-refractivity contribution is 0.0922. The van der Waals surface area contributed by atoms with Crippen molar-refractivity contribution >= 4 is 17.7 Å². The number of hydrogen-bond donors (Lipinski definition) is 4. The van der Waals surface area contributed by atoms with Crippen LogP contribution in [-0.2, 0) is 0 Å². The molecule has 0 aromatic heterocycles. The lowest BCUT2D eigenvalue weighted by Crippen LogP contribution is -2.33. The quantitative estimate of drug-likeness (QED) is 0.460. The molecule has 0 radical (unpaired) electrons. The monoisotopic (exact) mass is 483 g/mol. The van der Waals surface area contributed by atoms with Gasteiger partial charge in [-0.3, -0.25) is 14.4 Å². The van der Waals surface area contributed by atoms with Crippen LogP contribution in [0.25, 0.3) is 11.1 Å². The molecule has 0 heterocycles. The molecule has 188 valence electrons. The van der Waals surface area contributed by atoms with Crippen LogP contribution in [0.3, 0.4) is 0 Å². The van der Waals surface area contributed by atoms with Crippen LogP contribution in [-0.4, -0.2) is 48.1 Å². The number of benzene rings is 2. The van der Waals surface area contributed by atoms with E-state index in [0.717, 1.165) is 12.8 Å². The molecule has 2 aromatic rings. The van der Waals surface area contributed by atoms with Gasteiger partial charge in [-0.15, -0.1) is 0 Å². The van der Waals surface area contributed by atoms with Crippen molar-refractivity contribution in [2.24, 2.45) is 5.41 Å². The largest absolute Gasteiger partial charge is 0.392 e. The summed E-state index contributed by atoms with van der Waals surface area (Å²) in [6, 6.07) is 7.50. The summed E-state index contributed by atoms with van der Waals surface area (Å²) in [6.45, 7) is 9.56. The number of hydrogen-bond acceptors (Lipinski definition) is 4. The molecule has 4 N–H and O–H groups in total. The van der Waals surface area contributed by atoms with Crippen molar-refractivity contribution < 1.29 is 23.9 Å². The fraction of sp³-hybridized carbons (Fsp3) is 0.444. The molecule has 3 rings (SSSR count). The summed E-state index contributed by atoms with van der Waals surface area (Å²) in [5, 5.41) is 18.0. The summed E-state index contributed by atoms with van der Waals surface area (Å²) in [5.41, 5.74) is 1.52. The Labute approximate surface area is 205 Å². The predicted octanol–water partition coefficient (Wildman–Crippen LogP) is 3.58. The molecule has 1 aliphatic carbocycles. The summed E-state index contributed by atoms with van der Waals surface area (Å²) in [7, 11) is 0. The Hall–Kier alpha value is -3.26. The van der Waals surface area contributed by atoms with Gasteiger partial charge in [0.15, 0.2) is 0 Å². The zero-order valence-corrected chi connectivity index (χ0v) is 20.9. The zero-order valence-electron chi connectivity index (χ0n) is 20.9. The first-order valence-electron chi connectivity index (χ1n) is 11.9. The fourth-order valence-electron chi connectivity index (χ4n) is 3.48. The van der Waals surface area contributed by atoms with Crippen LogP contribution in [0.15, 0.2) is 30.3 Å². The molecule has 3 amide bonds. The molecule has 1 aliphatic rings. The van der Waals surface area contributed by atoms with E-state index in [1.807, 2.05) is 20.8 Å². The Balaban J connectivity index is 2.04. The number of halogens is 1. The number of nitrogens with one attached hydrogen (secondary N) is 3. The molecule has 0 spiro atoms. The molecule has 2 aromatic carbocycles. The molecule has 0 aliphatic heterocycles. The van der Waals surface area contributed by atoms with Crippen LogP contribution in [0, 0.1) is 18.2 Å². The number of aliphatic hydroxyl groups is 1. The van der Waals surface area contributed by atoms with Crippen LogP contribution in [0.4, 0.5) is 4.39 Å². The van der Waals surface area contributed by atoms with Crippen LogP contribution in [0.1, 0.15) is 77.2 Å². The van der Waals surface area contributed by atoms with Crippen molar-refractivity contribution in [2.75, 3.05) is 13.1 Å². The molecule has 1 saturated carbocycles. The van der Waals surface area contributed by atoms with Crippen LogP contribution >= 0.6 is 0 Å². The molecule has 8 heteroatoms. The summed E-state index contributed by atoms with van der Waals surface area (Å²) in [4.78, 5) is 38.4. The third-order valence-corrected chi connectivity index (χ3v) is 5.67. The second-order valence-corrected chi connectivity index (χ2v) is 10.4. The van der Waals surface area contributed by atoms with Crippen molar-refractivity contribution in [3.05, 3.63) is 58.4 Å². The van der Waals surface area contributed by atoms with E-state index in [1.54, 1.807) is 32.0 Å². The van der Waals surface area contributed by atoms with Crippen LogP contribution in [0.2, 0.25) is 0 Å². The highest BCUT2D eigenvalue weighted by Gasteiger charge is 2.26. The Bertz CT molecular complexity index is 1130. The Morgan fingerprint density at radius 2 is 1.69 bits per heavy atom. The lowest BCUT2D eigenvalue weighted by Gasteiger charge is -2.19. The van der Waals surface area contributed by atoms with Gasteiger partial charge in [-0.25, -0.2) is 4.39 Å². The highest BCUT2D eigenvalue weighted by atomic mass is 19.1.